The number of nitrogens with one attached hydrogen (secondary N) is 1. The number of aromatic nitrogens is 2. The Balaban J connectivity index is 2.10. The number of aryl methyl sites for hydroxylation is 2. The fourth-order valence-corrected chi connectivity index (χ4v) is 2.02. The maximum atomic E-state index is 12.1. The normalized spacial score (nSPS) is 12.0. The first-order valence-electron chi connectivity index (χ1n) is 6.95. The molecule has 0 spiro atoms. The minimum atomic E-state index is -0.294. The van der Waals surface area contributed by atoms with Gasteiger partial charge in [-0.05, 0) is 30.5 Å². The molecule has 1 unspecified atom stereocenters. The maximum Gasteiger partial charge on any atom is 0.272 e. The van der Waals surface area contributed by atoms with Crippen molar-refractivity contribution in [1.29, 1.82) is 0 Å². The molecule has 5 heteroatoms. The Morgan fingerprint density at radius 3 is 2.48 bits per heavy atom. The lowest BCUT2D eigenvalue weighted by Gasteiger charge is -2.14. The summed E-state index contributed by atoms with van der Waals surface area (Å²) in [6, 6.07) is 10.8. The summed E-state index contributed by atoms with van der Waals surface area (Å²) in [7, 11) is 1.52. The second-order valence-corrected chi connectivity index (χ2v) is 4.97. The van der Waals surface area contributed by atoms with Gasteiger partial charge in [-0.2, -0.15) is 5.10 Å². The largest absolute Gasteiger partial charge is 0.344 e. The van der Waals surface area contributed by atoms with Crippen LogP contribution in [0.3, 0.4) is 0 Å². The van der Waals surface area contributed by atoms with E-state index in [-0.39, 0.29) is 23.2 Å². The van der Waals surface area contributed by atoms with Crippen molar-refractivity contribution in [3.8, 4) is 0 Å². The molecule has 110 valence electrons. The fourth-order valence-electron chi connectivity index (χ4n) is 2.02. The van der Waals surface area contributed by atoms with Gasteiger partial charge in [0.1, 0.15) is 5.69 Å². The Labute approximate surface area is 123 Å². The molecule has 5 nitrogen and oxygen atoms in total. The zero-order valence-electron chi connectivity index (χ0n) is 12.5. The lowest BCUT2D eigenvalue weighted by atomic mass is 10.0. The maximum absolute atomic E-state index is 12.1. The van der Waals surface area contributed by atoms with Crippen LogP contribution in [0.25, 0.3) is 0 Å². The molecule has 1 heterocycles. The Kier molecular flexibility index (Phi) is 4.52. The van der Waals surface area contributed by atoms with Gasteiger partial charge in [0.25, 0.3) is 11.5 Å². The summed E-state index contributed by atoms with van der Waals surface area (Å²) in [4.78, 5) is 23.4. The van der Waals surface area contributed by atoms with E-state index >= 15 is 0 Å². The molecule has 0 aliphatic rings. The molecule has 1 amide bonds. The van der Waals surface area contributed by atoms with E-state index in [0.29, 0.717) is 0 Å². The van der Waals surface area contributed by atoms with Gasteiger partial charge in [0.15, 0.2) is 0 Å². The van der Waals surface area contributed by atoms with E-state index in [0.717, 1.165) is 16.7 Å². The van der Waals surface area contributed by atoms with Crippen LogP contribution < -0.4 is 10.9 Å². The molecule has 0 saturated carbocycles. The molecule has 0 aliphatic heterocycles. The smallest absolute Gasteiger partial charge is 0.272 e. The number of hydrogen-bond acceptors (Lipinski definition) is 3. The number of nitrogens with zero attached hydrogens (tertiary/aromatic N) is 2. The predicted octanol–water partition coefficient (Wildman–Crippen LogP) is 1.83. The van der Waals surface area contributed by atoms with Crippen LogP contribution in [0.4, 0.5) is 0 Å². The first-order valence-corrected chi connectivity index (χ1v) is 6.95. The first-order chi connectivity index (χ1) is 10.0. The van der Waals surface area contributed by atoms with Gasteiger partial charge in [-0.15, -0.1) is 0 Å². The van der Waals surface area contributed by atoms with Gasteiger partial charge in [-0.3, -0.25) is 9.59 Å². The van der Waals surface area contributed by atoms with Gasteiger partial charge < -0.3 is 5.32 Å². The highest BCUT2D eigenvalue weighted by Crippen LogP contribution is 2.14. The summed E-state index contributed by atoms with van der Waals surface area (Å²) < 4.78 is 1.15. The molecule has 21 heavy (non-hydrogen) atoms. The highest BCUT2D eigenvalue weighted by molar-refractivity contribution is 5.92. The molecule has 0 radical (unpaired) electrons. The third-order valence-corrected chi connectivity index (χ3v) is 3.43. The van der Waals surface area contributed by atoms with Crippen molar-refractivity contribution < 1.29 is 4.79 Å². The second kappa shape index (κ2) is 6.35. The van der Waals surface area contributed by atoms with Crippen molar-refractivity contribution in [1.82, 2.24) is 15.1 Å². The highest BCUT2D eigenvalue weighted by Gasteiger charge is 2.13. The molecule has 0 fully saturated rings. The second-order valence-electron chi connectivity index (χ2n) is 4.97. The molecule has 2 rings (SSSR count). The standard InChI is InChI=1S/C16H19N3O2/c1-4-12-5-7-13(8-6-12)11(2)17-16(21)14-9-10-15(20)19(3)18-14/h5-11H,4H2,1-3H3,(H,17,21). The number of amides is 1. The third kappa shape index (κ3) is 3.56. The predicted molar refractivity (Wildman–Crippen MR) is 81.2 cm³/mol. The van der Waals surface area contributed by atoms with Crippen molar-refractivity contribution in [2.24, 2.45) is 7.05 Å². The average molecular weight is 285 g/mol. The molecule has 1 atom stereocenters. The van der Waals surface area contributed by atoms with Crippen LogP contribution in [0, 0.1) is 0 Å². The van der Waals surface area contributed by atoms with Crippen molar-refractivity contribution in [2.45, 2.75) is 26.3 Å². The lowest BCUT2D eigenvalue weighted by molar-refractivity contribution is 0.0932. The van der Waals surface area contributed by atoms with E-state index in [9.17, 15) is 9.59 Å². The number of carbonyl (C=O) groups excluding carboxylic acids is 1. The summed E-state index contributed by atoms with van der Waals surface area (Å²) in [6.45, 7) is 4.02. The molecule has 1 aromatic heterocycles. The van der Waals surface area contributed by atoms with Crippen LogP contribution in [-0.2, 0) is 13.5 Å². The molecular weight excluding hydrogens is 266 g/mol. The number of benzene rings is 1. The van der Waals surface area contributed by atoms with Crippen LogP contribution >= 0.6 is 0 Å². The molecule has 1 aromatic carbocycles. The van der Waals surface area contributed by atoms with Gasteiger partial charge >= 0.3 is 0 Å². The SMILES string of the molecule is CCc1ccc(C(C)NC(=O)c2ccc(=O)n(C)n2)cc1. The molecule has 0 aliphatic carbocycles. The Bertz CT molecular complexity index is 689. The van der Waals surface area contributed by atoms with E-state index in [4.69, 9.17) is 0 Å². The fraction of sp³-hybridized carbons (Fsp3) is 0.312. The zero-order chi connectivity index (χ0) is 15.4. The number of carbonyl (C=O) groups is 1. The third-order valence-electron chi connectivity index (χ3n) is 3.43. The van der Waals surface area contributed by atoms with Crippen LogP contribution in [0.5, 0.6) is 0 Å². The summed E-state index contributed by atoms with van der Waals surface area (Å²) >= 11 is 0. The zero-order valence-corrected chi connectivity index (χ0v) is 12.5. The summed E-state index contributed by atoms with van der Waals surface area (Å²) in [6.07, 6.45) is 0.989. The number of hydrogen-bond donors (Lipinski definition) is 1. The summed E-state index contributed by atoms with van der Waals surface area (Å²) in [5, 5.41) is 6.82. The topological polar surface area (TPSA) is 64.0 Å². The van der Waals surface area contributed by atoms with Gasteiger partial charge in [0.05, 0.1) is 6.04 Å². The van der Waals surface area contributed by atoms with E-state index < -0.39 is 0 Å². The van der Waals surface area contributed by atoms with E-state index in [2.05, 4.69) is 29.5 Å². The molecule has 0 bridgehead atoms. The average Bonchev–Trinajstić information content (AvgIpc) is 2.50. The van der Waals surface area contributed by atoms with Crippen molar-refractivity contribution in [3.05, 3.63) is 63.6 Å². The quantitative estimate of drug-likeness (QED) is 0.932. The Morgan fingerprint density at radius 2 is 1.90 bits per heavy atom. The highest BCUT2D eigenvalue weighted by atomic mass is 16.2. The van der Waals surface area contributed by atoms with E-state index in [1.165, 1.54) is 24.7 Å². The van der Waals surface area contributed by atoms with Crippen molar-refractivity contribution in [3.63, 3.8) is 0 Å². The van der Waals surface area contributed by atoms with Gasteiger partial charge in [0.2, 0.25) is 0 Å². The van der Waals surface area contributed by atoms with E-state index in [1.54, 1.807) is 0 Å². The molecule has 2 aromatic rings. The monoisotopic (exact) mass is 285 g/mol. The lowest BCUT2D eigenvalue weighted by Crippen LogP contribution is -2.30. The molecular formula is C16H19N3O2. The van der Waals surface area contributed by atoms with Crippen LogP contribution in [0.15, 0.2) is 41.2 Å². The van der Waals surface area contributed by atoms with Crippen LogP contribution in [-0.4, -0.2) is 15.7 Å². The minimum absolute atomic E-state index is 0.123. The van der Waals surface area contributed by atoms with Gasteiger partial charge in [0, 0.05) is 13.1 Å². The molecule has 0 saturated heterocycles. The van der Waals surface area contributed by atoms with Gasteiger partial charge in [-0.25, -0.2) is 4.68 Å². The van der Waals surface area contributed by atoms with Crippen LogP contribution in [0.1, 0.15) is 41.5 Å². The minimum Gasteiger partial charge on any atom is -0.344 e. The Morgan fingerprint density at radius 1 is 1.24 bits per heavy atom. The Hall–Kier alpha value is -2.43. The van der Waals surface area contributed by atoms with Crippen molar-refractivity contribution in [2.75, 3.05) is 0 Å². The summed E-state index contributed by atoms with van der Waals surface area (Å²) in [5.41, 5.74) is 2.28. The van der Waals surface area contributed by atoms with Crippen LogP contribution in [0.2, 0.25) is 0 Å². The van der Waals surface area contributed by atoms with Crippen molar-refractivity contribution >= 4 is 5.91 Å². The number of rotatable bonds is 4. The summed E-state index contributed by atoms with van der Waals surface area (Å²) in [5.74, 6) is -0.294. The first kappa shape index (κ1) is 15.0. The van der Waals surface area contributed by atoms with E-state index in [1.807, 2.05) is 19.1 Å². The van der Waals surface area contributed by atoms with Gasteiger partial charge in [-0.1, -0.05) is 31.2 Å². The molecule has 1 N–H and O–H groups in total.